The lowest BCUT2D eigenvalue weighted by Gasteiger charge is -1.95. The molecule has 2 aromatic heterocycles. The first-order valence-corrected chi connectivity index (χ1v) is 8.64. The predicted molar refractivity (Wildman–Crippen MR) is 86.3 cm³/mol. The van der Waals surface area contributed by atoms with Crippen molar-refractivity contribution in [2.24, 2.45) is 0 Å². The Labute approximate surface area is 137 Å². The van der Waals surface area contributed by atoms with Crippen molar-refractivity contribution >= 4 is 50.6 Å². The highest BCUT2D eigenvalue weighted by Crippen LogP contribution is 2.30. The van der Waals surface area contributed by atoms with Crippen LogP contribution >= 0.6 is 50.6 Å². The highest BCUT2D eigenvalue weighted by Gasteiger charge is 2.09. The Hall–Kier alpha value is -0.820. The normalized spacial score (nSPS) is 10.9. The second-order valence-corrected chi connectivity index (χ2v) is 7.52. The van der Waals surface area contributed by atoms with Crippen LogP contribution in [0.2, 0.25) is 4.34 Å². The number of rotatable bonds is 4. The van der Waals surface area contributed by atoms with E-state index in [9.17, 15) is 0 Å². The van der Waals surface area contributed by atoms with Crippen LogP contribution in [0, 0.1) is 0 Å². The molecule has 3 rings (SSSR count). The lowest BCUT2D eigenvalue weighted by atomic mass is 10.2. The maximum atomic E-state index is 5.89. The topological polar surface area (TPSA) is 38.9 Å². The Balaban J connectivity index is 1.69. The van der Waals surface area contributed by atoms with Crippen molar-refractivity contribution in [3.63, 3.8) is 0 Å². The van der Waals surface area contributed by atoms with E-state index in [4.69, 9.17) is 16.0 Å². The van der Waals surface area contributed by atoms with Crippen molar-refractivity contribution in [3.8, 4) is 11.5 Å². The molecule has 0 aliphatic rings. The molecule has 0 atom stereocenters. The van der Waals surface area contributed by atoms with E-state index in [0.29, 0.717) is 11.1 Å². The average molecular weight is 388 g/mol. The van der Waals surface area contributed by atoms with E-state index in [-0.39, 0.29) is 0 Å². The molecule has 0 N–H and O–H groups in total. The molecule has 0 saturated heterocycles. The van der Waals surface area contributed by atoms with Gasteiger partial charge >= 0.3 is 0 Å². The van der Waals surface area contributed by atoms with E-state index >= 15 is 0 Å². The van der Waals surface area contributed by atoms with Crippen LogP contribution in [0.25, 0.3) is 11.5 Å². The van der Waals surface area contributed by atoms with Gasteiger partial charge in [-0.2, -0.15) is 0 Å². The van der Waals surface area contributed by atoms with Crippen LogP contribution in [0.4, 0.5) is 0 Å². The Morgan fingerprint density at radius 1 is 1.15 bits per heavy atom. The van der Waals surface area contributed by atoms with Gasteiger partial charge in [-0.3, -0.25) is 0 Å². The maximum Gasteiger partial charge on any atom is 0.277 e. The van der Waals surface area contributed by atoms with E-state index in [1.807, 2.05) is 36.4 Å². The zero-order valence-electron chi connectivity index (χ0n) is 10.0. The molecular weight excluding hydrogens is 380 g/mol. The number of nitrogens with zero attached hydrogens (tertiary/aromatic N) is 2. The summed E-state index contributed by atoms with van der Waals surface area (Å²) in [6, 6.07) is 11.7. The zero-order chi connectivity index (χ0) is 13.9. The van der Waals surface area contributed by atoms with Gasteiger partial charge in [-0.05, 0) is 36.4 Å². The van der Waals surface area contributed by atoms with E-state index < -0.39 is 0 Å². The number of benzene rings is 1. The van der Waals surface area contributed by atoms with Gasteiger partial charge in [0, 0.05) is 20.7 Å². The number of thioether (sulfide) groups is 1. The van der Waals surface area contributed by atoms with Crippen molar-refractivity contribution in [2.45, 2.75) is 11.0 Å². The molecule has 0 unspecified atom stereocenters. The SMILES string of the molecule is Clc1ccc(CSc2nnc(-c3ccc(Br)cc3)o2)s1. The molecule has 1 aromatic carbocycles. The van der Waals surface area contributed by atoms with E-state index in [1.54, 1.807) is 11.3 Å². The van der Waals surface area contributed by atoms with Gasteiger partial charge in [-0.1, -0.05) is 39.3 Å². The second-order valence-electron chi connectivity index (χ2n) is 3.87. The monoisotopic (exact) mass is 386 g/mol. The van der Waals surface area contributed by atoms with Gasteiger partial charge in [-0.15, -0.1) is 21.5 Å². The van der Waals surface area contributed by atoms with Gasteiger partial charge in [0.1, 0.15) is 0 Å². The quantitative estimate of drug-likeness (QED) is 0.554. The third kappa shape index (κ3) is 3.44. The summed E-state index contributed by atoms with van der Waals surface area (Å²) in [6.07, 6.45) is 0. The number of hydrogen-bond acceptors (Lipinski definition) is 5. The standard InChI is InChI=1S/C13H8BrClN2OS2/c14-9-3-1-8(2-4-9)12-16-17-13(18-12)19-7-10-5-6-11(15)20-10/h1-6H,7H2. The molecule has 0 aliphatic heterocycles. The minimum Gasteiger partial charge on any atom is -0.411 e. The molecule has 0 amide bonds. The van der Waals surface area contributed by atoms with Gasteiger partial charge < -0.3 is 4.42 Å². The smallest absolute Gasteiger partial charge is 0.277 e. The molecule has 20 heavy (non-hydrogen) atoms. The minimum atomic E-state index is 0.532. The third-order valence-corrected chi connectivity index (χ3v) is 5.27. The van der Waals surface area contributed by atoms with Crippen LogP contribution in [0.5, 0.6) is 0 Å². The fourth-order valence-electron chi connectivity index (χ4n) is 1.54. The summed E-state index contributed by atoms with van der Waals surface area (Å²) in [5.74, 6) is 1.31. The van der Waals surface area contributed by atoms with Crippen LogP contribution < -0.4 is 0 Å². The summed E-state index contributed by atoms with van der Waals surface area (Å²) in [4.78, 5) is 1.18. The van der Waals surface area contributed by atoms with Crippen molar-refractivity contribution in [3.05, 3.63) is 50.1 Å². The summed E-state index contributed by atoms with van der Waals surface area (Å²) in [5.41, 5.74) is 0.909. The van der Waals surface area contributed by atoms with Crippen LogP contribution in [0.1, 0.15) is 4.88 Å². The van der Waals surface area contributed by atoms with Gasteiger partial charge in [-0.25, -0.2) is 0 Å². The summed E-state index contributed by atoms with van der Waals surface area (Å²) < 4.78 is 7.45. The average Bonchev–Trinajstić information content (AvgIpc) is 3.06. The molecule has 3 aromatic rings. The van der Waals surface area contributed by atoms with Gasteiger partial charge in [0.2, 0.25) is 5.89 Å². The van der Waals surface area contributed by atoms with E-state index in [2.05, 4.69) is 26.1 Å². The van der Waals surface area contributed by atoms with Gasteiger partial charge in [0.05, 0.1) is 4.34 Å². The number of halogens is 2. The Kier molecular flexibility index (Phi) is 4.45. The van der Waals surface area contributed by atoms with Gasteiger partial charge in [0.25, 0.3) is 5.22 Å². The summed E-state index contributed by atoms with van der Waals surface area (Å²) in [7, 11) is 0. The Morgan fingerprint density at radius 3 is 2.65 bits per heavy atom. The molecule has 0 bridgehead atoms. The Morgan fingerprint density at radius 2 is 1.95 bits per heavy atom. The predicted octanol–water partition coefficient (Wildman–Crippen LogP) is 5.51. The molecule has 0 spiro atoms. The van der Waals surface area contributed by atoms with Crippen LogP contribution in [-0.2, 0) is 5.75 Å². The molecule has 0 radical (unpaired) electrons. The van der Waals surface area contributed by atoms with Crippen LogP contribution in [0.3, 0.4) is 0 Å². The molecule has 3 nitrogen and oxygen atoms in total. The Bertz CT molecular complexity index is 711. The van der Waals surface area contributed by atoms with Crippen molar-refractivity contribution < 1.29 is 4.42 Å². The molecular formula is C13H8BrClN2OS2. The first kappa shape index (κ1) is 14.1. The molecule has 0 aliphatic carbocycles. The third-order valence-electron chi connectivity index (χ3n) is 2.46. The first-order chi connectivity index (χ1) is 9.70. The lowest BCUT2D eigenvalue weighted by molar-refractivity contribution is 0.466. The fraction of sp³-hybridized carbons (Fsp3) is 0.0769. The first-order valence-electron chi connectivity index (χ1n) is 5.67. The summed E-state index contributed by atoms with van der Waals surface area (Å²) >= 11 is 12.4. The highest BCUT2D eigenvalue weighted by atomic mass is 79.9. The van der Waals surface area contributed by atoms with Crippen molar-refractivity contribution in [1.29, 1.82) is 0 Å². The number of aromatic nitrogens is 2. The van der Waals surface area contributed by atoms with Crippen LogP contribution in [0.15, 0.2) is 50.5 Å². The van der Waals surface area contributed by atoms with Crippen molar-refractivity contribution in [1.82, 2.24) is 10.2 Å². The molecule has 7 heteroatoms. The maximum absolute atomic E-state index is 5.89. The van der Waals surface area contributed by atoms with Crippen molar-refractivity contribution in [2.75, 3.05) is 0 Å². The summed E-state index contributed by atoms with van der Waals surface area (Å²) in [6.45, 7) is 0. The fourth-order valence-corrected chi connectivity index (χ4v) is 3.70. The van der Waals surface area contributed by atoms with Gasteiger partial charge in [0.15, 0.2) is 0 Å². The minimum absolute atomic E-state index is 0.532. The molecule has 2 heterocycles. The van der Waals surface area contributed by atoms with Crippen LogP contribution in [-0.4, -0.2) is 10.2 Å². The highest BCUT2D eigenvalue weighted by molar-refractivity contribution is 9.10. The summed E-state index contributed by atoms with van der Waals surface area (Å²) in [5, 5.41) is 8.66. The number of thiophene rings is 1. The second kappa shape index (κ2) is 6.30. The molecule has 102 valence electrons. The zero-order valence-corrected chi connectivity index (χ0v) is 14.0. The lowest BCUT2D eigenvalue weighted by Crippen LogP contribution is -1.76. The molecule has 0 fully saturated rings. The largest absolute Gasteiger partial charge is 0.411 e. The molecule has 0 saturated carbocycles. The van der Waals surface area contributed by atoms with E-state index in [0.717, 1.165) is 20.1 Å². The number of hydrogen-bond donors (Lipinski definition) is 0. The van der Waals surface area contributed by atoms with E-state index in [1.165, 1.54) is 16.6 Å².